The molecule has 0 bridgehead atoms. The number of hydrogen-bond acceptors (Lipinski definition) is 1. The van der Waals surface area contributed by atoms with E-state index in [-0.39, 0.29) is 5.56 Å². The summed E-state index contributed by atoms with van der Waals surface area (Å²) in [5.74, 6) is -0.867. The first-order chi connectivity index (χ1) is 6.30. The van der Waals surface area contributed by atoms with Gasteiger partial charge in [0.1, 0.15) is 0 Å². The van der Waals surface area contributed by atoms with Gasteiger partial charge in [-0.2, -0.15) is 13.2 Å². The molecule has 1 aromatic carbocycles. The smallest absolute Gasteiger partial charge is 0.366 e. The number of benzene rings is 1. The lowest BCUT2D eigenvalue weighted by Gasteiger charge is -2.08. The largest absolute Gasteiger partial charge is 0.416 e. The standard InChI is InChI=1S/C8H5F3INO/c9-8(10,11)5-1-4(7(13)14)2-6(12)3-5/h1-3H,(H2,13,14). The van der Waals surface area contributed by atoms with Gasteiger partial charge in [-0.1, -0.05) is 0 Å². The minimum Gasteiger partial charge on any atom is -0.366 e. The molecule has 2 nitrogen and oxygen atoms in total. The Balaban J connectivity index is 3.28. The van der Waals surface area contributed by atoms with Crippen LogP contribution in [0.4, 0.5) is 13.2 Å². The minimum absolute atomic E-state index is 0.135. The number of nitrogens with two attached hydrogens (primary N) is 1. The molecule has 0 saturated heterocycles. The van der Waals surface area contributed by atoms with E-state index in [4.69, 9.17) is 5.73 Å². The van der Waals surface area contributed by atoms with Crippen molar-refractivity contribution < 1.29 is 18.0 Å². The normalized spacial score (nSPS) is 11.4. The Labute approximate surface area is 91.4 Å². The summed E-state index contributed by atoms with van der Waals surface area (Å²) in [6, 6.07) is 3.00. The van der Waals surface area contributed by atoms with Crippen LogP contribution in [0.3, 0.4) is 0 Å². The third-order valence-electron chi connectivity index (χ3n) is 1.51. The van der Waals surface area contributed by atoms with E-state index < -0.39 is 17.6 Å². The molecule has 0 aliphatic rings. The summed E-state index contributed by atoms with van der Waals surface area (Å²) >= 11 is 1.70. The highest BCUT2D eigenvalue weighted by Crippen LogP contribution is 2.30. The number of amides is 1. The van der Waals surface area contributed by atoms with Gasteiger partial charge in [-0.15, -0.1) is 0 Å². The minimum atomic E-state index is -4.45. The van der Waals surface area contributed by atoms with Gasteiger partial charge in [-0.25, -0.2) is 0 Å². The van der Waals surface area contributed by atoms with Crippen molar-refractivity contribution in [1.82, 2.24) is 0 Å². The van der Waals surface area contributed by atoms with Crippen LogP contribution in [0.5, 0.6) is 0 Å². The van der Waals surface area contributed by atoms with Gasteiger partial charge in [-0.05, 0) is 40.8 Å². The molecule has 0 fully saturated rings. The van der Waals surface area contributed by atoms with E-state index in [1.807, 2.05) is 0 Å². The number of alkyl halides is 3. The molecule has 0 aliphatic heterocycles. The molecule has 0 aromatic heterocycles. The highest BCUT2D eigenvalue weighted by atomic mass is 127. The zero-order chi connectivity index (χ0) is 10.9. The summed E-state index contributed by atoms with van der Waals surface area (Å²) in [6.07, 6.45) is -4.45. The topological polar surface area (TPSA) is 43.1 Å². The Morgan fingerprint density at radius 3 is 2.29 bits per heavy atom. The van der Waals surface area contributed by atoms with Gasteiger partial charge in [0.25, 0.3) is 0 Å². The fourth-order valence-corrected chi connectivity index (χ4v) is 1.57. The molecular weight excluding hydrogens is 310 g/mol. The molecule has 0 heterocycles. The van der Waals surface area contributed by atoms with Crippen molar-refractivity contribution >= 4 is 28.5 Å². The molecule has 0 saturated carbocycles. The maximum Gasteiger partial charge on any atom is 0.416 e. The lowest BCUT2D eigenvalue weighted by molar-refractivity contribution is -0.137. The fraction of sp³-hybridized carbons (Fsp3) is 0.125. The first-order valence-corrected chi connectivity index (χ1v) is 4.56. The molecule has 0 spiro atoms. The average Bonchev–Trinajstić information content (AvgIpc) is 2.01. The van der Waals surface area contributed by atoms with Crippen molar-refractivity contribution in [1.29, 1.82) is 0 Å². The lowest BCUT2D eigenvalue weighted by atomic mass is 10.1. The number of primary amides is 1. The summed E-state index contributed by atoms with van der Waals surface area (Å²) in [5.41, 5.74) is 3.89. The van der Waals surface area contributed by atoms with Crippen molar-refractivity contribution in [3.63, 3.8) is 0 Å². The molecule has 0 radical (unpaired) electrons. The quantitative estimate of drug-likeness (QED) is 0.795. The number of carbonyl (C=O) groups is 1. The van der Waals surface area contributed by atoms with Gasteiger partial charge in [-0.3, -0.25) is 4.79 Å². The van der Waals surface area contributed by atoms with Crippen LogP contribution in [0.2, 0.25) is 0 Å². The SMILES string of the molecule is NC(=O)c1cc(I)cc(C(F)(F)F)c1. The maximum absolute atomic E-state index is 12.3. The zero-order valence-electron chi connectivity index (χ0n) is 6.73. The third-order valence-corrected chi connectivity index (χ3v) is 2.13. The first kappa shape index (κ1) is 11.3. The molecule has 2 N–H and O–H groups in total. The van der Waals surface area contributed by atoms with Crippen LogP contribution >= 0.6 is 22.6 Å². The summed E-state index contributed by atoms with van der Waals surface area (Å²) in [6.45, 7) is 0. The van der Waals surface area contributed by atoms with E-state index in [2.05, 4.69) is 0 Å². The second kappa shape index (κ2) is 3.76. The monoisotopic (exact) mass is 315 g/mol. The second-order valence-corrected chi connectivity index (χ2v) is 3.84. The van der Waals surface area contributed by atoms with Gasteiger partial charge in [0.15, 0.2) is 0 Å². The van der Waals surface area contributed by atoms with Crippen LogP contribution < -0.4 is 5.73 Å². The highest BCUT2D eigenvalue weighted by molar-refractivity contribution is 14.1. The van der Waals surface area contributed by atoms with Crippen molar-refractivity contribution in [3.05, 3.63) is 32.9 Å². The van der Waals surface area contributed by atoms with E-state index in [1.54, 1.807) is 22.6 Å². The summed E-state index contributed by atoms with van der Waals surface area (Å²) in [7, 11) is 0. The molecule has 14 heavy (non-hydrogen) atoms. The van der Waals surface area contributed by atoms with E-state index >= 15 is 0 Å². The number of rotatable bonds is 1. The zero-order valence-corrected chi connectivity index (χ0v) is 8.89. The second-order valence-electron chi connectivity index (χ2n) is 2.59. The number of halogens is 4. The Morgan fingerprint density at radius 1 is 1.29 bits per heavy atom. The molecule has 1 aromatic rings. The summed E-state index contributed by atoms with van der Waals surface area (Å²) in [4.78, 5) is 10.7. The predicted octanol–water partition coefficient (Wildman–Crippen LogP) is 2.41. The first-order valence-electron chi connectivity index (χ1n) is 3.48. The van der Waals surface area contributed by atoms with E-state index in [1.165, 1.54) is 6.07 Å². The molecular formula is C8H5F3INO. The highest BCUT2D eigenvalue weighted by Gasteiger charge is 2.31. The van der Waals surface area contributed by atoms with E-state index in [9.17, 15) is 18.0 Å². The Bertz CT molecular complexity index is 375. The third kappa shape index (κ3) is 2.60. The maximum atomic E-state index is 12.3. The molecule has 0 atom stereocenters. The van der Waals surface area contributed by atoms with Crippen LogP contribution in [0.1, 0.15) is 15.9 Å². The van der Waals surface area contributed by atoms with E-state index in [0.717, 1.165) is 12.1 Å². The van der Waals surface area contributed by atoms with Crippen molar-refractivity contribution in [3.8, 4) is 0 Å². The fourth-order valence-electron chi connectivity index (χ4n) is 0.896. The Kier molecular flexibility index (Phi) is 3.03. The van der Waals surface area contributed by atoms with Gasteiger partial charge >= 0.3 is 6.18 Å². The predicted molar refractivity (Wildman–Crippen MR) is 52.7 cm³/mol. The number of carbonyl (C=O) groups excluding carboxylic acids is 1. The van der Waals surface area contributed by atoms with E-state index in [0.29, 0.717) is 3.57 Å². The molecule has 1 rings (SSSR count). The van der Waals surface area contributed by atoms with Crippen LogP contribution in [0.25, 0.3) is 0 Å². The van der Waals surface area contributed by atoms with Gasteiger partial charge in [0.05, 0.1) is 5.56 Å². The Hall–Kier alpha value is -0.790. The van der Waals surface area contributed by atoms with Gasteiger partial charge in [0, 0.05) is 9.13 Å². The van der Waals surface area contributed by atoms with Crippen molar-refractivity contribution in [2.45, 2.75) is 6.18 Å². The van der Waals surface area contributed by atoms with Crippen LogP contribution in [-0.4, -0.2) is 5.91 Å². The summed E-state index contributed by atoms with van der Waals surface area (Å²) in [5, 5.41) is 0. The molecule has 76 valence electrons. The van der Waals surface area contributed by atoms with Gasteiger partial charge < -0.3 is 5.73 Å². The average molecular weight is 315 g/mol. The van der Waals surface area contributed by atoms with Crippen LogP contribution in [0.15, 0.2) is 18.2 Å². The molecule has 6 heteroatoms. The van der Waals surface area contributed by atoms with Crippen LogP contribution in [0, 0.1) is 3.57 Å². The molecule has 1 amide bonds. The van der Waals surface area contributed by atoms with Crippen molar-refractivity contribution in [2.75, 3.05) is 0 Å². The summed E-state index contributed by atoms with van der Waals surface area (Å²) < 4.78 is 37.1. The van der Waals surface area contributed by atoms with Crippen LogP contribution in [-0.2, 0) is 6.18 Å². The number of hydrogen-bond donors (Lipinski definition) is 1. The van der Waals surface area contributed by atoms with Crippen molar-refractivity contribution in [2.24, 2.45) is 5.73 Å². The molecule has 0 aliphatic carbocycles. The van der Waals surface area contributed by atoms with Gasteiger partial charge in [0.2, 0.25) is 5.91 Å². The molecule has 0 unspecified atom stereocenters. The lowest BCUT2D eigenvalue weighted by Crippen LogP contribution is -2.14. The Morgan fingerprint density at radius 2 is 1.86 bits per heavy atom.